The third kappa shape index (κ3) is 26.5. The summed E-state index contributed by atoms with van der Waals surface area (Å²) in [4.78, 5) is 36.4. The predicted octanol–water partition coefficient (Wildman–Crippen LogP) is 22.1. The molecule has 0 saturated heterocycles. The molecular weight excluding hydrogens is 1760 g/mol. The summed E-state index contributed by atoms with van der Waals surface area (Å²) in [6.45, 7) is 7.62. The number of phenolic OH excluding ortho intramolecular Hbond substituents is 3. The Morgan fingerprint density at radius 3 is 1.21 bits per heavy atom. The number of rotatable bonds is 24. The van der Waals surface area contributed by atoms with Crippen molar-refractivity contribution in [3.8, 4) is 113 Å². The van der Waals surface area contributed by atoms with Gasteiger partial charge in [-0.15, -0.1) is 0 Å². The van der Waals surface area contributed by atoms with Crippen LogP contribution in [0.25, 0.3) is 66.8 Å². The third-order valence-corrected chi connectivity index (χ3v) is 22.2. The highest BCUT2D eigenvalue weighted by Gasteiger charge is 2.22. The van der Waals surface area contributed by atoms with E-state index in [1.165, 1.54) is 37.2 Å². The average Bonchev–Trinajstić information content (AvgIpc) is 1.76. The van der Waals surface area contributed by atoms with Crippen LogP contribution in [0.4, 0.5) is 0 Å². The molecule has 20 aromatic rings. The van der Waals surface area contributed by atoms with Crippen molar-refractivity contribution in [2.45, 2.75) is 58.5 Å². The van der Waals surface area contributed by atoms with Crippen molar-refractivity contribution in [2.24, 2.45) is 0 Å². The van der Waals surface area contributed by atoms with Gasteiger partial charge in [-0.05, 0) is 229 Å². The number of carbonyl (C=O) groups excluding carboxylic acids is 1. The topological polar surface area (TPSA) is 328 Å². The Bertz CT molecular complexity index is 7350. The van der Waals surface area contributed by atoms with Crippen LogP contribution in [0.3, 0.4) is 0 Å². The Balaban J connectivity index is 0.000000125. The van der Waals surface area contributed by atoms with Gasteiger partial charge in [-0.25, -0.2) is 58.0 Å². The number of para-hydroxylation sites is 2. The first-order valence-corrected chi connectivity index (χ1v) is 44.0. The van der Waals surface area contributed by atoms with Gasteiger partial charge in [0.2, 0.25) is 0 Å². The quantitative estimate of drug-likeness (QED) is 0.0473. The van der Waals surface area contributed by atoms with Crippen molar-refractivity contribution in [2.75, 3.05) is 7.11 Å². The van der Waals surface area contributed by atoms with Gasteiger partial charge in [0.25, 0.3) is 0 Å². The molecule has 0 saturated carbocycles. The van der Waals surface area contributed by atoms with Gasteiger partial charge in [-0.1, -0.05) is 236 Å². The summed E-state index contributed by atoms with van der Waals surface area (Å²) >= 11 is 12.1. The Morgan fingerprint density at radius 2 is 0.737 bits per heavy atom. The smallest absolute Gasteiger partial charge is 0.193 e. The van der Waals surface area contributed by atoms with E-state index in [0.717, 1.165) is 112 Å². The minimum atomic E-state index is -0.593. The molecule has 26 nitrogen and oxygen atoms in total. The van der Waals surface area contributed by atoms with E-state index in [1.807, 2.05) is 225 Å². The van der Waals surface area contributed by atoms with Gasteiger partial charge in [-0.3, -0.25) is 4.79 Å². The number of ether oxygens (including phenoxy) is 2. The van der Waals surface area contributed by atoms with Gasteiger partial charge < -0.3 is 24.8 Å². The standard InChI is InChI=1S/C22H17N3O.C21H17N3O.C19H18N4O.C16H14ClN3O.C16H12N4O.C15H12ClN3O/c26-22(18-7-2-1-3-8-18)21-11-5-10-20(13-21)19-9-4-6-17(12-19)14-25-16-23-15-24-25;1-2-6-19(7-3-1)25-21-9-5-4-8-20(21)18-12-10-17(11-13-18)14-24-16-22-15-23-24;1-19(2,11-20)17-8-14(10-23-13-21-12-22-23)7-16(9-17)15-3-5-18(24)6-4-15;1-21-16-6-5-14(8-15(16)17)13-4-2-3-12(7-13)9-20-11-18-10-19-20;17-8-14-2-1-13(12-3-5-16(21)6-4-12)7-15(14)9-20-11-18-10-19-20;16-14-7-13(4-5-15(14)20)12-3-1-2-11(6-12)8-19-10-17-9-18-19/h1-13,15-16H,14H2;1-13,15-16H,14H2;3-9,12-13,24H,10H2,1-2H3;2-8,10-11H,9H2,1H3;1-7,10-11,21H,9H2;1-7,9-10,20H,8H2. The van der Waals surface area contributed by atoms with E-state index in [-0.39, 0.29) is 23.0 Å². The first-order valence-electron chi connectivity index (χ1n) is 43.2. The number of nitrogens with zero attached hydrogens (tertiary/aromatic N) is 20. The lowest BCUT2D eigenvalue weighted by Gasteiger charge is -2.19. The van der Waals surface area contributed by atoms with E-state index in [0.29, 0.717) is 71.8 Å². The van der Waals surface area contributed by atoms with Gasteiger partial charge in [-0.2, -0.15) is 41.1 Å². The van der Waals surface area contributed by atoms with E-state index >= 15 is 0 Å². The number of aromatic hydroxyl groups is 3. The molecule has 28 heteroatoms. The van der Waals surface area contributed by atoms with Gasteiger partial charge in [0, 0.05) is 16.7 Å². The van der Waals surface area contributed by atoms with Crippen LogP contribution in [0, 0.1) is 22.7 Å². The molecule has 6 heterocycles. The molecule has 0 fully saturated rings. The monoisotopic (exact) mass is 1840 g/mol. The summed E-state index contributed by atoms with van der Waals surface area (Å²) in [6.07, 6.45) is 19.2. The van der Waals surface area contributed by atoms with Crippen molar-refractivity contribution < 1.29 is 29.6 Å². The first-order chi connectivity index (χ1) is 66.9. The zero-order valence-corrected chi connectivity index (χ0v) is 76.1. The van der Waals surface area contributed by atoms with Crippen molar-refractivity contribution in [3.63, 3.8) is 0 Å². The van der Waals surface area contributed by atoms with Crippen LogP contribution in [0.15, 0.2) is 404 Å². The van der Waals surface area contributed by atoms with E-state index in [1.54, 1.807) is 117 Å². The molecule has 0 radical (unpaired) electrons. The zero-order valence-electron chi connectivity index (χ0n) is 74.6. The van der Waals surface area contributed by atoms with E-state index in [4.69, 9.17) is 32.7 Å². The van der Waals surface area contributed by atoms with Crippen LogP contribution < -0.4 is 9.47 Å². The highest BCUT2D eigenvalue weighted by Crippen LogP contribution is 2.37. The Hall–Kier alpha value is -17.9. The fourth-order valence-corrected chi connectivity index (χ4v) is 15.0. The largest absolute Gasteiger partial charge is 0.508 e. The number of ketones is 1. The predicted molar refractivity (Wildman–Crippen MR) is 527 cm³/mol. The second-order valence-corrected chi connectivity index (χ2v) is 32.6. The van der Waals surface area contributed by atoms with Crippen molar-refractivity contribution in [3.05, 3.63) is 469 Å². The van der Waals surface area contributed by atoms with E-state index < -0.39 is 5.41 Å². The molecule has 137 heavy (non-hydrogen) atoms. The normalized spacial score (nSPS) is 10.6. The molecule has 0 aliphatic heterocycles. The number of methoxy groups -OCH3 is 1. The number of phenols is 3. The second-order valence-electron chi connectivity index (χ2n) is 31.8. The molecule has 20 rings (SSSR count). The Labute approximate surface area is 800 Å². The van der Waals surface area contributed by atoms with Crippen LogP contribution in [0.2, 0.25) is 10.0 Å². The van der Waals surface area contributed by atoms with E-state index in [2.05, 4.69) is 151 Å². The third-order valence-electron chi connectivity index (χ3n) is 21.6. The summed E-state index contributed by atoms with van der Waals surface area (Å²) in [5.41, 5.74) is 21.3. The molecule has 0 aliphatic rings. The van der Waals surface area contributed by atoms with Crippen LogP contribution in [0.5, 0.6) is 34.5 Å². The van der Waals surface area contributed by atoms with Crippen molar-refractivity contribution >= 4 is 29.0 Å². The molecule has 676 valence electrons. The fraction of sp³-hybridized carbons (Fsp3) is 0.0917. The number of aromatic nitrogens is 18. The maximum absolute atomic E-state index is 12.7. The summed E-state index contributed by atoms with van der Waals surface area (Å²) in [6, 6.07) is 109. The lowest BCUT2D eigenvalue weighted by molar-refractivity contribution is 0.103. The van der Waals surface area contributed by atoms with Crippen LogP contribution >= 0.6 is 23.2 Å². The molecule has 0 bridgehead atoms. The second kappa shape index (κ2) is 46.3. The van der Waals surface area contributed by atoms with Crippen molar-refractivity contribution in [1.29, 1.82) is 10.5 Å². The van der Waals surface area contributed by atoms with Gasteiger partial charge in [0.1, 0.15) is 110 Å². The van der Waals surface area contributed by atoms with Gasteiger partial charge >= 0.3 is 0 Å². The average molecular weight is 1850 g/mol. The number of carbonyl (C=O) groups is 1. The zero-order chi connectivity index (χ0) is 95.1. The first kappa shape index (κ1) is 93.8. The van der Waals surface area contributed by atoms with Gasteiger partial charge in [0.05, 0.1) is 79.5 Å². The SMILES string of the molecule is CC(C)(C#N)c1cc(Cn2cncn2)cc(-c2ccc(O)cc2)c1.COc1ccc(-c2cccc(Cn3cncn3)c2)cc1Cl.N#Cc1ccc(-c2ccc(O)cc2)cc1Cn1cncn1.O=C(c1ccccc1)c1cccc(-c2cccc(Cn3cncn3)c2)c1.Oc1ccc(-c2cccc(Cn3cncn3)c2)cc1Cl.c1ccc(Oc2ccccc2-c2ccc(Cn3cncn3)cc2)cc1. The Morgan fingerprint density at radius 1 is 0.343 bits per heavy atom. The maximum atomic E-state index is 12.7. The minimum Gasteiger partial charge on any atom is -0.508 e. The van der Waals surface area contributed by atoms with Crippen molar-refractivity contribution in [1.82, 2.24) is 88.6 Å². The van der Waals surface area contributed by atoms with Gasteiger partial charge in [0.15, 0.2) is 5.78 Å². The Kier molecular flexibility index (Phi) is 31.7. The molecule has 0 unspecified atom stereocenters. The van der Waals surface area contributed by atoms with Crippen LogP contribution in [-0.2, 0) is 44.7 Å². The molecular formula is C109H90Cl2N20O6. The highest BCUT2D eigenvalue weighted by molar-refractivity contribution is 6.32. The lowest BCUT2D eigenvalue weighted by atomic mass is 9.83. The highest BCUT2D eigenvalue weighted by atomic mass is 35.5. The molecule has 0 aliphatic carbocycles. The van der Waals surface area contributed by atoms with Crippen LogP contribution in [-0.4, -0.2) is 117 Å². The number of hydrogen-bond donors (Lipinski definition) is 3. The fourth-order valence-electron chi connectivity index (χ4n) is 14.6. The molecule has 6 aromatic heterocycles. The molecule has 0 amide bonds. The summed E-state index contributed by atoms with van der Waals surface area (Å²) < 4.78 is 21.8. The molecule has 0 spiro atoms. The molecule has 0 atom stereocenters. The minimum absolute atomic E-state index is 0.0335. The number of halogens is 2. The van der Waals surface area contributed by atoms with Crippen LogP contribution in [0.1, 0.15) is 74.3 Å². The molecule has 3 N–H and O–H groups in total. The summed E-state index contributed by atoms with van der Waals surface area (Å²) in [5.74, 6) is 2.94. The lowest BCUT2D eigenvalue weighted by Crippen LogP contribution is -2.15. The summed E-state index contributed by atoms with van der Waals surface area (Å²) in [5, 5.41) is 72.7. The maximum Gasteiger partial charge on any atom is 0.193 e. The number of nitriles is 2. The summed E-state index contributed by atoms with van der Waals surface area (Å²) in [7, 11) is 1.61. The number of benzene rings is 14. The van der Waals surface area contributed by atoms with E-state index in [9.17, 15) is 30.6 Å². The number of hydrogen-bond acceptors (Lipinski definition) is 20. The molecule has 14 aromatic carbocycles.